The van der Waals surface area contributed by atoms with Crippen molar-refractivity contribution >= 4 is 69.6 Å². The van der Waals surface area contributed by atoms with Crippen LogP contribution in [0, 0.1) is 5.82 Å². The van der Waals surface area contributed by atoms with Crippen molar-refractivity contribution < 1.29 is 18.8 Å². The second-order valence-electron chi connectivity index (χ2n) is 6.85. The third-order valence-corrected chi connectivity index (χ3v) is 5.88. The molecule has 0 fully saturated rings. The minimum absolute atomic E-state index is 0.0252. The molecule has 0 saturated carbocycles. The average Bonchev–Trinajstić information content (AvgIpc) is 3.00. The molecule has 0 atom stereocenters. The Bertz CT molecular complexity index is 1340. The van der Waals surface area contributed by atoms with Gasteiger partial charge in [0.05, 0.1) is 21.4 Å². The fourth-order valence-electron chi connectivity index (χ4n) is 3.13. The number of benzene rings is 3. The predicted octanol–water partition coefficient (Wildman–Crippen LogP) is 5.82. The molecule has 0 radical (unpaired) electrons. The normalized spacial score (nSPS) is 13.5. The first kappa shape index (κ1) is 22.8. The number of imide groups is 1. The van der Waals surface area contributed by atoms with E-state index < -0.39 is 23.5 Å². The summed E-state index contributed by atoms with van der Waals surface area (Å²) in [7, 11) is 0. The van der Waals surface area contributed by atoms with Crippen molar-refractivity contribution in [3.63, 3.8) is 0 Å². The standard InChI is InChI=1S/C23H13Cl3FN3O3/c24-14-7-4-10-17(18(14)25)30-22(32)19(26)20(23(30)33)28-13-6-3-5-12(11-13)21(31)29-16-9-2-1-8-15(16)27/h1-11,28H,(H,29,31). The molecule has 0 spiro atoms. The van der Waals surface area contributed by atoms with E-state index in [1.165, 1.54) is 42.5 Å². The summed E-state index contributed by atoms with van der Waals surface area (Å²) in [5.41, 5.74) is 0.421. The number of carbonyl (C=O) groups excluding carboxylic acids is 3. The Hall–Kier alpha value is -3.39. The molecule has 1 heterocycles. The van der Waals surface area contributed by atoms with Crippen molar-refractivity contribution in [3.8, 4) is 0 Å². The van der Waals surface area contributed by atoms with Gasteiger partial charge >= 0.3 is 0 Å². The summed E-state index contributed by atoms with van der Waals surface area (Å²) in [6.07, 6.45) is 0. The van der Waals surface area contributed by atoms with E-state index >= 15 is 0 Å². The van der Waals surface area contributed by atoms with E-state index in [-0.39, 0.29) is 37.7 Å². The van der Waals surface area contributed by atoms with Crippen LogP contribution in [0.5, 0.6) is 0 Å². The quantitative estimate of drug-likeness (QED) is 0.429. The van der Waals surface area contributed by atoms with Crippen LogP contribution in [0.1, 0.15) is 10.4 Å². The molecule has 3 aromatic rings. The maximum absolute atomic E-state index is 13.8. The molecule has 33 heavy (non-hydrogen) atoms. The fraction of sp³-hybridized carbons (Fsp3) is 0. The number of rotatable bonds is 5. The molecule has 0 aliphatic carbocycles. The fourth-order valence-corrected chi connectivity index (χ4v) is 3.73. The Kier molecular flexibility index (Phi) is 6.37. The molecule has 10 heteroatoms. The number of anilines is 3. The highest BCUT2D eigenvalue weighted by atomic mass is 35.5. The Labute approximate surface area is 202 Å². The summed E-state index contributed by atoms with van der Waals surface area (Å²) in [4.78, 5) is 39.0. The molecule has 6 nitrogen and oxygen atoms in total. The highest BCUT2D eigenvalue weighted by Gasteiger charge is 2.40. The van der Waals surface area contributed by atoms with Gasteiger partial charge in [-0.1, -0.05) is 59.1 Å². The second kappa shape index (κ2) is 9.23. The van der Waals surface area contributed by atoms with Gasteiger partial charge in [0, 0.05) is 11.3 Å². The molecule has 166 valence electrons. The van der Waals surface area contributed by atoms with Crippen LogP contribution in [-0.2, 0) is 9.59 Å². The summed E-state index contributed by atoms with van der Waals surface area (Å²) in [5.74, 6) is -2.66. The van der Waals surface area contributed by atoms with Gasteiger partial charge in [0.1, 0.15) is 16.5 Å². The first-order valence-corrected chi connectivity index (χ1v) is 10.6. The van der Waals surface area contributed by atoms with Crippen LogP contribution in [0.4, 0.5) is 21.5 Å². The van der Waals surface area contributed by atoms with E-state index in [1.54, 1.807) is 24.3 Å². The summed E-state index contributed by atoms with van der Waals surface area (Å²) in [6, 6.07) is 16.3. The molecule has 3 amide bonds. The highest BCUT2D eigenvalue weighted by molar-refractivity contribution is 6.54. The molecule has 3 aromatic carbocycles. The molecular weight excluding hydrogens is 492 g/mol. The van der Waals surface area contributed by atoms with Gasteiger partial charge in [0.2, 0.25) is 0 Å². The zero-order chi connectivity index (χ0) is 23.7. The summed E-state index contributed by atoms with van der Waals surface area (Å²) < 4.78 is 13.8. The molecular formula is C23H13Cl3FN3O3. The average molecular weight is 505 g/mol. The number of para-hydroxylation sites is 1. The second-order valence-corrected chi connectivity index (χ2v) is 8.01. The van der Waals surface area contributed by atoms with Crippen molar-refractivity contribution in [3.05, 3.63) is 98.9 Å². The van der Waals surface area contributed by atoms with Gasteiger partial charge in [-0.15, -0.1) is 0 Å². The first-order chi connectivity index (χ1) is 15.8. The Morgan fingerprint density at radius 2 is 1.61 bits per heavy atom. The number of hydrogen-bond donors (Lipinski definition) is 2. The Morgan fingerprint density at radius 3 is 2.36 bits per heavy atom. The lowest BCUT2D eigenvalue weighted by Crippen LogP contribution is -2.32. The van der Waals surface area contributed by atoms with Gasteiger partial charge in [0.15, 0.2) is 0 Å². The summed E-state index contributed by atoms with van der Waals surface area (Å²) in [6.45, 7) is 0. The lowest BCUT2D eigenvalue weighted by atomic mass is 10.1. The van der Waals surface area contributed by atoms with E-state index in [9.17, 15) is 18.8 Å². The number of carbonyl (C=O) groups is 3. The van der Waals surface area contributed by atoms with Crippen LogP contribution in [0.3, 0.4) is 0 Å². The third-order valence-electron chi connectivity index (χ3n) is 4.72. The topological polar surface area (TPSA) is 78.5 Å². The minimum atomic E-state index is -0.776. The largest absolute Gasteiger partial charge is 0.350 e. The number of nitrogens with zero attached hydrogens (tertiary/aromatic N) is 1. The van der Waals surface area contributed by atoms with Gasteiger partial charge in [0.25, 0.3) is 17.7 Å². The predicted molar refractivity (Wildman–Crippen MR) is 126 cm³/mol. The monoisotopic (exact) mass is 503 g/mol. The zero-order valence-corrected chi connectivity index (χ0v) is 18.8. The minimum Gasteiger partial charge on any atom is -0.350 e. The molecule has 4 rings (SSSR count). The van der Waals surface area contributed by atoms with E-state index in [0.29, 0.717) is 5.69 Å². The van der Waals surface area contributed by atoms with E-state index in [0.717, 1.165) is 4.90 Å². The lowest BCUT2D eigenvalue weighted by molar-refractivity contribution is -0.120. The van der Waals surface area contributed by atoms with Crippen LogP contribution >= 0.6 is 34.8 Å². The molecule has 0 saturated heterocycles. The number of amides is 3. The van der Waals surface area contributed by atoms with Crippen molar-refractivity contribution in [1.82, 2.24) is 0 Å². The summed E-state index contributed by atoms with van der Waals surface area (Å²) >= 11 is 18.3. The van der Waals surface area contributed by atoms with Crippen molar-refractivity contribution in [1.29, 1.82) is 0 Å². The highest BCUT2D eigenvalue weighted by Crippen LogP contribution is 2.37. The van der Waals surface area contributed by atoms with Crippen molar-refractivity contribution in [2.24, 2.45) is 0 Å². The van der Waals surface area contributed by atoms with Gasteiger partial charge in [-0.25, -0.2) is 9.29 Å². The maximum Gasteiger partial charge on any atom is 0.283 e. The van der Waals surface area contributed by atoms with E-state index in [2.05, 4.69) is 10.6 Å². The Balaban J connectivity index is 1.57. The van der Waals surface area contributed by atoms with Gasteiger partial charge in [-0.3, -0.25) is 14.4 Å². The summed E-state index contributed by atoms with van der Waals surface area (Å²) in [5, 5.41) is 5.10. The zero-order valence-electron chi connectivity index (χ0n) is 16.5. The van der Waals surface area contributed by atoms with Crippen LogP contribution in [0.25, 0.3) is 0 Å². The van der Waals surface area contributed by atoms with Crippen molar-refractivity contribution in [2.75, 3.05) is 15.5 Å². The van der Waals surface area contributed by atoms with Crippen molar-refractivity contribution in [2.45, 2.75) is 0 Å². The number of nitrogens with one attached hydrogen (secondary N) is 2. The van der Waals surface area contributed by atoms with E-state index in [4.69, 9.17) is 34.8 Å². The SMILES string of the molecule is O=C(Nc1ccccc1F)c1cccc(NC2=C(Cl)C(=O)N(c3cccc(Cl)c3Cl)C2=O)c1. The van der Waals surface area contributed by atoms with Crippen LogP contribution < -0.4 is 15.5 Å². The maximum atomic E-state index is 13.8. The van der Waals surface area contributed by atoms with E-state index in [1.807, 2.05) is 0 Å². The molecule has 1 aliphatic heterocycles. The smallest absolute Gasteiger partial charge is 0.283 e. The number of hydrogen-bond acceptors (Lipinski definition) is 4. The molecule has 0 bridgehead atoms. The third kappa shape index (κ3) is 4.43. The molecule has 0 unspecified atom stereocenters. The molecule has 2 N–H and O–H groups in total. The Morgan fingerprint density at radius 1 is 0.879 bits per heavy atom. The van der Waals surface area contributed by atoms with Crippen LogP contribution in [0.15, 0.2) is 77.5 Å². The lowest BCUT2D eigenvalue weighted by Gasteiger charge is -2.17. The molecule has 0 aromatic heterocycles. The first-order valence-electron chi connectivity index (χ1n) is 9.43. The van der Waals surface area contributed by atoms with Gasteiger partial charge in [-0.05, 0) is 42.5 Å². The molecule has 1 aliphatic rings. The van der Waals surface area contributed by atoms with Gasteiger partial charge in [-0.2, -0.15) is 0 Å². The van der Waals surface area contributed by atoms with Crippen LogP contribution in [-0.4, -0.2) is 17.7 Å². The van der Waals surface area contributed by atoms with Crippen LogP contribution in [0.2, 0.25) is 10.0 Å². The van der Waals surface area contributed by atoms with Gasteiger partial charge < -0.3 is 10.6 Å². The number of halogens is 4.